The summed E-state index contributed by atoms with van der Waals surface area (Å²) in [6.07, 6.45) is 2.98. The summed E-state index contributed by atoms with van der Waals surface area (Å²) in [4.78, 5) is 18.0. The molecule has 0 atom stereocenters. The van der Waals surface area contributed by atoms with Crippen LogP contribution in [0.5, 0.6) is 0 Å². The fourth-order valence-electron chi connectivity index (χ4n) is 0.588. The first-order chi connectivity index (χ1) is 5.65. The van der Waals surface area contributed by atoms with Gasteiger partial charge in [0.15, 0.2) is 5.16 Å². The summed E-state index contributed by atoms with van der Waals surface area (Å²) in [5.74, 6) is -1.12. The Morgan fingerprint density at radius 3 is 2.69 bits per heavy atom. The number of halogens is 2. The van der Waals surface area contributed by atoms with Crippen LogP contribution in [0.1, 0.15) is 10.4 Å². The number of aromatic nitrogens is 2. The molecular weight excluding hydrogens is 235 g/mol. The zero-order valence-corrected chi connectivity index (χ0v) is 8.91. The highest BCUT2D eigenvalue weighted by Gasteiger charge is 2.10. The van der Waals surface area contributed by atoms with Gasteiger partial charge in [0.05, 0.1) is 0 Å². The number of carboxylic acid groups (broad SMARTS) is 1. The van der Waals surface area contributed by atoms with Gasteiger partial charge in [0.1, 0.15) is 10.7 Å². The summed E-state index contributed by atoms with van der Waals surface area (Å²) in [5, 5.41) is 8.99. The van der Waals surface area contributed by atoms with E-state index >= 15 is 0 Å². The molecule has 0 radical (unpaired) electrons. The third-order valence-corrected chi connectivity index (χ3v) is 1.98. The average Bonchev–Trinajstić information content (AvgIpc) is 2.03. The number of hydrogen-bond acceptors (Lipinski definition) is 4. The SMILES string of the molecule is CSc1ncc(C(=O)O)c(Cl)n1.Cl. The lowest BCUT2D eigenvalue weighted by Crippen LogP contribution is -2.01. The third kappa shape index (κ3) is 3.02. The maximum Gasteiger partial charge on any atom is 0.340 e. The van der Waals surface area contributed by atoms with Gasteiger partial charge in [-0.3, -0.25) is 0 Å². The molecule has 1 N–H and O–H groups in total. The molecule has 1 rings (SSSR count). The van der Waals surface area contributed by atoms with Crippen LogP contribution in [0.15, 0.2) is 11.4 Å². The molecule has 0 saturated carbocycles. The Labute approximate surface area is 90.1 Å². The predicted octanol–water partition coefficient (Wildman–Crippen LogP) is 1.97. The molecule has 0 aliphatic rings. The normalized spacial score (nSPS) is 9.08. The van der Waals surface area contributed by atoms with E-state index < -0.39 is 5.97 Å². The van der Waals surface area contributed by atoms with Crippen LogP contribution >= 0.6 is 35.8 Å². The molecule has 13 heavy (non-hydrogen) atoms. The summed E-state index contributed by atoms with van der Waals surface area (Å²) >= 11 is 6.86. The van der Waals surface area contributed by atoms with Gasteiger partial charge in [0.2, 0.25) is 0 Å². The van der Waals surface area contributed by atoms with E-state index in [1.54, 1.807) is 6.26 Å². The topological polar surface area (TPSA) is 63.1 Å². The standard InChI is InChI=1S/C6H5ClN2O2S.ClH/c1-12-6-8-2-3(5(10)11)4(7)9-6;/h2H,1H3,(H,10,11);1H. The molecule has 1 heterocycles. The third-order valence-electron chi connectivity index (χ3n) is 1.13. The minimum Gasteiger partial charge on any atom is -0.478 e. The minimum atomic E-state index is -1.12. The molecule has 0 bridgehead atoms. The van der Waals surface area contributed by atoms with E-state index in [1.807, 2.05) is 0 Å². The fraction of sp³-hybridized carbons (Fsp3) is 0.167. The van der Waals surface area contributed by atoms with Crippen LogP contribution in [-0.2, 0) is 0 Å². The van der Waals surface area contributed by atoms with Crippen LogP contribution in [0.4, 0.5) is 0 Å². The van der Waals surface area contributed by atoms with E-state index in [-0.39, 0.29) is 23.1 Å². The van der Waals surface area contributed by atoms with Gasteiger partial charge < -0.3 is 5.11 Å². The Hall–Kier alpha value is -0.520. The van der Waals surface area contributed by atoms with Crippen LogP contribution < -0.4 is 0 Å². The molecule has 1 aromatic heterocycles. The lowest BCUT2D eigenvalue weighted by Gasteiger charge is -1.98. The summed E-state index contributed by atoms with van der Waals surface area (Å²) in [6, 6.07) is 0. The lowest BCUT2D eigenvalue weighted by molar-refractivity contribution is 0.0696. The number of hydrogen-bond donors (Lipinski definition) is 1. The number of aromatic carboxylic acids is 1. The van der Waals surface area contributed by atoms with Crippen molar-refractivity contribution in [2.24, 2.45) is 0 Å². The quantitative estimate of drug-likeness (QED) is 0.487. The molecule has 0 fully saturated rings. The lowest BCUT2D eigenvalue weighted by atomic mass is 10.3. The summed E-state index contributed by atoms with van der Waals surface area (Å²) in [7, 11) is 0. The molecule has 0 spiro atoms. The van der Waals surface area contributed by atoms with Gasteiger partial charge >= 0.3 is 5.97 Å². The van der Waals surface area contributed by atoms with E-state index in [0.717, 1.165) is 0 Å². The van der Waals surface area contributed by atoms with Gasteiger partial charge in [-0.2, -0.15) is 0 Å². The van der Waals surface area contributed by atoms with Crippen molar-refractivity contribution < 1.29 is 9.90 Å². The van der Waals surface area contributed by atoms with Gasteiger partial charge in [-0.1, -0.05) is 23.4 Å². The van der Waals surface area contributed by atoms with Crippen molar-refractivity contribution >= 4 is 41.7 Å². The molecule has 0 unspecified atom stereocenters. The Kier molecular flexibility index (Phi) is 5.05. The highest BCUT2D eigenvalue weighted by molar-refractivity contribution is 7.98. The van der Waals surface area contributed by atoms with Crippen molar-refractivity contribution in [1.29, 1.82) is 0 Å². The van der Waals surface area contributed by atoms with Crippen molar-refractivity contribution in [3.8, 4) is 0 Å². The number of carbonyl (C=O) groups is 1. The van der Waals surface area contributed by atoms with Gasteiger partial charge in [-0.25, -0.2) is 14.8 Å². The zero-order valence-electron chi connectivity index (χ0n) is 6.52. The first kappa shape index (κ1) is 12.5. The first-order valence-electron chi connectivity index (χ1n) is 2.95. The highest BCUT2D eigenvalue weighted by atomic mass is 35.5. The Bertz CT molecular complexity index is 322. The van der Waals surface area contributed by atoms with Gasteiger partial charge in [-0.15, -0.1) is 12.4 Å². The minimum absolute atomic E-state index is 0. The molecule has 0 aromatic carbocycles. The van der Waals surface area contributed by atoms with Crippen LogP contribution in [0.25, 0.3) is 0 Å². The second-order valence-electron chi connectivity index (χ2n) is 1.87. The van der Waals surface area contributed by atoms with Gasteiger partial charge in [-0.05, 0) is 6.26 Å². The monoisotopic (exact) mass is 240 g/mol. The van der Waals surface area contributed by atoms with Crippen molar-refractivity contribution in [2.45, 2.75) is 5.16 Å². The van der Waals surface area contributed by atoms with Crippen LogP contribution in [0.2, 0.25) is 5.15 Å². The second-order valence-corrected chi connectivity index (χ2v) is 3.00. The Balaban J connectivity index is 0.00000144. The number of carboxylic acids is 1. The van der Waals surface area contributed by atoms with E-state index in [0.29, 0.717) is 5.16 Å². The van der Waals surface area contributed by atoms with E-state index in [2.05, 4.69) is 9.97 Å². The van der Waals surface area contributed by atoms with Crippen LogP contribution in [0, 0.1) is 0 Å². The molecule has 72 valence electrons. The Morgan fingerprint density at radius 1 is 1.69 bits per heavy atom. The van der Waals surface area contributed by atoms with E-state index in [9.17, 15) is 4.79 Å². The molecule has 0 aliphatic carbocycles. The summed E-state index contributed by atoms with van der Waals surface area (Å²) < 4.78 is 0. The van der Waals surface area contributed by atoms with E-state index in [1.165, 1.54) is 18.0 Å². The fourth-order valence-corrected chi connectivity index (χ4v) is 1.19. The predicted molar refractivity (Wildman–Crippen MR) is 53.0 cm³/mol. The maximum absolute atomic E-state index is 10.5. The van der Waals surface area contributed by atoms with Crippen LogP contribution in [0.3, 0.4) is 0 Å². The number of rotatable bonds is 2. The first-order valence-corrected chi connectivity index (χ1v) is 4.55. The molecule has 1 aromatic rings. The molecular formula is C6H6Cl2N2O2S. The largest absolute Gasteiger partial charge is 0.478 e. The smallest absolute Gasteiger partial charge is 0.340 e. The highest BCUT2D eigenvalue weighted by Crippen LogP contribution is 2.15. The summed E-state index contributed by atoms with van der Waals surface area (Å²) in [6.45, 7) is 0. The molecule has 0 amide bonds. The zero-order chi connectivity index (χ0) is 9.14. The average molecular weight is 241 g/mol. The van der Waals surface area contributed by atoms with Crippen molar-refractivity contribution in [3.05, 3.63) is 16.9 Å². The molecule has 0 saturated heterocycles. The van der Waals surface area contributed by atoms with Crippen LogP contribution in [-0.4, -0.2) is 27.3 Å². The molecule has 4 nitrogen and oxygen atoms in total. The second kappa shape index (κ2) is 5.26. The molecule has 0 aliphatic heterocycles. The maximum atomic E-state index is 10.5. The van der Waals surface area contributed by atoms with Crippen molar-refractivity contribution in [2.75, 3.05) is 6.26 Å². The Morgan fingerprint density at radius 2 is 2.31 bits per heavy atom. The van der Waals surface area contributed by atoms with E-state index in [4.69, 9.17) is 16.7 Å². The number of thioether (sulfide) groups is 1. The van der Waals surface area contributed by atoms with Crippen molar-refractivity contribution in [3.63, 3.8) is 0 Å². The molecule has 7 heteroatoms. The summed E-state index contributed by atoms with van der Waals surface area (Å²) in [5.41, 5.74) is -0.0746. The van der Waals surface area contributed by atoms with Crippen molar-refractivity contribution in [1.82, 2.24) is 9.97 Å². The number of nitrogens with zero attached hydrogens (tertiary/aromatic N) is 2. The van der Waals surface area contributed by atoms with Gasteiger partial charge in [0, 0.05) is 6.20 Å². The van der Waals surface area contributed by atoms with Gasteiger partial charge in [0.25, 0.3) is 0 Å².